The first-order valence-electron chi connectivity index (χ1n) is 5.64. The quantitative estimate of drug-likeness (QED) is 0.937. The molecule has 0 bridgehead atoms. The fourth-order valence-corrected chi connectivity index (χ4v) is 1.60. The van der Waals surface area contributed by atoms with Crippen molar-refractivity contribution in [2.75, 3.05) is 19.5 Å². The minimum absolute atomic E-state index is 0.163. The first-order valence-corrected chi connectivity index (χ1v) is 6.02. The first-order chi connectivity index (χ1) is 9.62. The van der Waals surface area contributed by atoms with Gasteiger partial charge in [-0.25, -0.2) is 9.97 Å². The summed E-state index contributed by atoms with van der Waals surface area (Å²) in [6, 6.07) is 5.05. The molecule has 7 heteroatoms. The molecule has 0 saturated heterocycles. The highest BCUT2D eigenvalue weighted by Gasteiger charge is 2.10. The Hall–Kier alpha value is -2.34. The van der Waals surface area contributed by atoms with Gasteiger partial charge < -0.3 is 14.8 Å². The topological polar surface area (TPSA) is 73.3 Å². The molecule has 1 amide bonds. The van der Waals surface area contributed by atoms with Crippen molar-refractivity contribution in [2.24, 2.45) is 0 Å². The van der Waals surface area contributed by atoms with Gasteiger partial charge in [0.25, 0.3) is 5.91 Å². The van der Waals surface area contributed by atoms with Crippen LogP contribution < -0.4 is 14.8 Å². The average Bonchev–Trinajstić information content (AvgIpc) is 2.47. The van der Waals surface area contributed by atoms with E-state index in [0.29, 0.717) is 17.2 Å². The molecule has 0 spiro atoms. The molecule has 0 radical (unpaired) electrons. The summed E-state index contributed by atoms with van der Waals surface area (Å²) in [6.07, 6.45) is 2.61. The van der Waals surface area contributed by atoms with Crippen molar-refractivity contribution in [3.8, 4) is 11.5 Å². The van der Waals surface area contributed by atoms with Gasteiger partial charge in [-0.2, -0.15) is 0 Å². The van der Waals surface area contributed by atoms with E-state index in [1.807, 2.05) is 0 Å². The van der Waals surface area contributed by atoms with Gasteiger partial charge in [0, 0.05) is 23.9 Å². The number of rotatable bonds is 4. The van der Waals surface area contributed by atoms with Crippen molar-refractivity contribution in [2.45, 2.75) is 0 Å². The van der Waals surface area contributed by atoms with Crippen LogP contribution in [0.3, 0.4) is 0 Å². The highest BCUT2D eigenvalue weighted by Crippen LogP contribution is 2.25. The van der Waals surface area contributed by atoms with Crippen LogP contribution in [0, 0.1) is 0 Å². The lowest BCUT2D eigenvalue weighted by Crippen LogP contribution is -2.14. The van der Waals surface area contributed by atoms with E-state index in [1.165, 1.54) is 26.6 Å². The molecule has 1 aromatic carbocycles. The summed E-state index contributed by atoms with van der Waals surface area (Å²) in [5.74, 6) is 0.744. The van der Waals surface area contributed by atoms with Crippen LogP contribution in [0.5, 0.6) is 11.5 Å². The second-order valence-corrected chi connectivity index (χ2v) is 4.17. The fraction of sp³-hybridized carbons (Fsp3) is 0.154. The number of halogens is 1. The zero-order chi connectivity index (χ0) is 14.5. The fourth-order valence-electron chi connectivity index (χ4n) is 1.50. The molecule has 0 atom stereocenters. The van der Waals surface area contributed by atoms with Crippen LogP contribution in [0.15, 0.2) is 30.6 Å². The summed E-state index contributed by atoms with van der Waals surface area (Å²) >= 11 is 5.62. The molecule has 0 fully saturated rings. The number of amides is 1. The Morgan fingerprint density at radius 3 is 2.25 bits per heavy atom. The lowest BCUT2D eigenvalue weighted by Gasteiger charge is -2.09. The molecule has 104 valence electrons. The molecule has 2 aromatic rings. The second kappa shape index (κ2) is 6.21. The first kappa shape index (κ1) is 14.1. The molecule has 0 aliphatic rings. The lowest BCUT2D eigenvalue weighted by atomic mass is 10.2. The van der Waals surface area contributed by atoms with Crippen LogP contribution in [-0.4, -0.2) is 30.1 Å². The summed E-state index contributed by atoms with van der Waals surface area (Å²) in [4.78, 5) is 19.7. The number of benzene rings is 1. The zero-order valence-corrected chi connectivity index (χ0v) is 11.6. The highest BCUT2D eigenvalue weighted by atomic mass is 35.5. The van der Waals surface area contributed by atoms with Crippen LogP contribution in [0.4, 0.5) is 5.69 Å². The van der Waals surface area contributed by atoms with Gasteiger partial charge in [0.2, 0.25) is 0 Å². The van der Waals surface area contributed by atoms with Crippen molar-refractivity contribution in [3.05, 3.63) is 41.4 Å². The summed E-state index contributed by atoms with van der Waals surface area (Å²) in [5.41, 5.74) is 0.694. The summed E-state index contributed by atoms with van der Waals surface area (Å²) in [5, 5.41) is 2.91. The standard InChI is InChI=1S/C13H12ClN3O3/c1-19-9-3-8(4-10(5-9)20-2)17-13(18)11-6-16-12(14)7-15-11/h3-7H,1-2H3,(H,17,18). The van der Waals surface area contributed by atoms with Gasteiger partial charge in [0.05, 0.1) is 26.6 Å². The van der Waals surface area contributed by atoms with Crippen molar-refractivity contribution in [1.29, 1.82) is 0 Å². The number of carbonyl (C=O) groups is 1. The Morgan fingerprint density at radius 2 is 1.75 bits per heavy atom. The number of ether oxygens (including phenoxy) is 2. The second-order valence-electron chi connectivity index (χ2n) is 3.78. The lowest BCUT2D eigenvalue weighted by molar-refractivity contribution is 0.102. The number of carbonyl (C=O) groups excluding carboxylic acids is 1. The third kappa shape index (κ3) is 3.36. The van der Waals surface area contributed by atoms with Crippen LogP contribution in [0.25, 0.3) is 0 Å². The molecule has 0 aliphatic heterocycles. The average molecular weight is 294 g/mol. The number of hydrogen-bond acceptors (Lipinski definition) is 5. The Bertz CT molecular complexity index is 595. The van der Waals surface area contributed by atoms with Crippen LogP contribution in [0.1, 0.15) is 10.5 Å². The highest BCUT2D eigenvalue weighted by molar-refractivity contribution is 6.29. The van der Waals surface area contributed by atoms with E-state index in [0.717, 1.165) is 0 Å². The number of hydrogen-bond donors (Lipinski definition) is 1. The largest absolute Gasteiger partial charge is 0.497 e. The van der Waals surface area contributed by atoms with Gasteiger partial charge in [-0.05, 0) is 0 Å². The molecular formula is C13H12ClN3O3. The molecule has 0 saturated carbocycles. The zero-order valence-electron chi connectivity index (χ0n) is 10.9. The SMILES string of the molecule is COc1cc(NC(=O)c2cnc(Cl)cn2)cc(OC)c1. The Kier molecular flexibility index (Phi) is 4.37. The Balaban J connectivity index is 2.20. The van der Waals surface area contributed by atoms with E-state index in [2.05, 4.69) is 15.3 Å². The number of methoxy groups -OCH3 is 2. The maximum atomic E-state index is 12.0. The van der Waals surface area contributed by atoms with Gasteiger partial charge in [-0.1, -0.05) is 11.6 Å². The Morgan fingerprint density at radius 1 is 1.10 bits per heavy atom. The molecule has 20 heavy (non-hydrogen) atoms. The molecule has 1 aromatic heterocycles. The molecule has 0 aliphatic carbocycles. The predicted octanol–water partition coefficient (Wildman–Crippen LogP) is 2.40. The maximum Gasteiger partial charge on any atom is 0.275 e. The minimum atomic E-state index is -0.399. The van der Waals surface area contributed by atoms with Crippen LogP contribution in [0.2, 0.25) is 5.15 Å². The number of anilines is 1. The van der Waals surface area contributed by atoms with Crippen LogP contribution in [-0.2, 0) is 0 Å². The molecule has 2 rings (SSSR count). The predicted molar refractivity (Wildman–Crippen MR) is 74.5 cm³/mol. The van der Waals surface area contributed by atoms with E-state index >= 15 is 0 Å². The van der Waals surface area contributed by atoms with Gasteiger partial charge >= 0.3 is 0 Å². The Labute approximate surface area is 120 Å². The third-order valence-corrected chi connectivity index (χ3v) is 2.66. The molecule has 1 heterocycles. The molecule has 1 N–H and O–H groups in total. The summed E-state index contributed by atoms with van der Waals surface area (Å²) < 4.78 is 10.2. The summed E-state index contributed by atoms with van der Waals surface area (Å²) in [6.45, 7) is 0. The van der Waals surface area contributed by atoms with Crippen molar-refractivity contribution >= 4 is 23.2 Å². The molecular weight excluding hydrogens is 282 g/mol. The number of nitrogens with one attached hydrogen (secondary N) is 1. The summed E-state index contributed by atoms with van der Waals surface area (Å²) in [7, 11) is 3.07. The van der Waals surface area contributed by atoms with E-state index in [4.69, 9.17) is 21.1 Å². The van der Waals surface area contributed by atoms with Crippen molar-refractivity contribution in [3.63, 3.8) is 0 Å². The van der Waals surface area contributed by atoms with E-state index in [1.54, 1.807) is 18.2 Å². The van der Waals surface area contributed by atoms with Gasteiger partial charge in [0.15, 0.2) is 0 Å². The van der Waals surface area contributed by atoms with Crippen LogP contribution >= 0.6 is 11.6 Å². The minimum Gasteiger partial charge on any atom is -0.497 e. The van der Waals surface area contributed by atoms with E-state index in [-0.39, 0.29) is 10.8 Å². The number of nitrogens with zero attached hydrogens (tertiary/aromatic N) is 2. The van der Waals surface area contributed by atoms with Crippen molar-refractivity contribution in [1.82, 2.24) is 9.97 Å². The maximum absolute atomic E-state index is 12.0. The monoisotopic (exact) mass is 293 g/mol. The van der Waals surface area contributed by atoms with E-state index < -0.39 is 5.91 Å². The van der Waals surface area contributed by atoms with Gasteiger partial charge in [-0.3, -0.25) is 4.79 Å². The molecule has 0 unspecified atom stereocenters. The van der Waals surface area contributed by atoms with Gasteiger partial charge in [0.1, 0.15) is 22.3 Å². The smallest absolute Gasteiger partial charge is 0.275 e. The van der Waals surface area contributed by atoms with E-state index in [9.17, 15) is 4.79 Å². The normalized spacial score (nSPS) is 9.95. The number of aromatic nitrogens is 2. The molecule has 6 nitrogen and oxygen atoms in total. The van der Waals surface area contributed by atoms with Crippen molar-refractivity contribution < 1.29 is 14.3 Å². The van der Waals surface area contributed by atoms with Gasteiger partial charge in [-0.15, -0.1) is 0 Å². The third-order valence-electron chi connectivity index (χ3n) is 2.46.